The van der Waals surface area contributed by atoms with Crippen LogP contribution in [0.2, 0.25) is 6.04 Å². The van der Waals surface area contributed by atoms with Crippen LogP contribution in [0.1, 0.15) is 70.3 Å². The summed E-state index contributed by atoms with van der Waals surface area (Å²) in [6.07, 6.45) is 10.6. The monoisotopic (exact) mass is 464 g/mol. The van der Waals surface area contributed by atoms with E-state index in [-0.39, 0.29) is 0 Å². The lowest BCUT2D eigenvalue weighted by molar-refractivity contribution is -0.132. The number of aliphatic carboxylic acids is 1. The molecule has 158 valence electrons. The highest BCUT2D eigenvalue weighted by Gasteiger charge is 2.23. The largest absolute Gasteiger partial charge is 0.494 e. The number of hydrogen-bond donors (Lipinski definition) is 1. The summed E-state index contributed by atoms with van der Waals surface area (Å²) in [7, 11) is 0. The van der Waals surface area contributed by atoms with Crippen LogP contribution in [-0.2, 0) is 4.79 Å². The molecule has 0 spiro atoms. The first-order valence-corrected chi connectivity index (χ1v) is 15.3. The van der Waals surface area contributed by atoms with E-state index < -0.39 is 12.0 Å². The Bertz CT molecular complexity index is 598. The van der Waals surface area contributed by atoms with E-state index in [1.54, 1.807) is 6.08 Å². The van der Waals surface area contributed by atoms with Crippen molar-refractivity contribution in [3.63, 3.8) is 0 Å². The number of rotatable bonds is 15. The molecule has 0 aliphatic rings. The minimum absolute atomic E-state index is 0.420. The molecule has 0 atom stereocenters. The van der Waals surface area contributed by atoms with Gasteiger partial charge in [-0.2, -0.15) is 0 Å². The van der Waals surface area contributed by atoms with Crippen molar-refractivity contribution >= 4 is 51.3 Å². The lowest BCUT2D eigenvalue weighted by atomic mass is 10.0. The molecule has 0 aliphatic carbocycles. The van der Waals surface area contributed by atoms with Crippen molar-refractivity contribution in [2.75, 3.05) is 6.61 Å². The van der Waals surface area contributed by atoms with Gasteiger partial charge >= 0.3 is 12.0 Å². The van der Waals surface area contributed by atoms with Crippen LogP contribution in [0.4, 0.5) is 0 Å². The first-order valence-electron chi connectivity index (χ1n) is 10.1. The number of halogens is 3. The van der Waals surface area contributed by atoms with Crippen molar-refractivity contribution in [2.24, 2.45) is 0 Å². The van der Waals surface area contributed by atoms with E-state index in [9.17, 15) is 9.90 Å². The predicted molar refractivity (Wildman–Crippen MR) is 123 cm³/mol. The maximum atomic E-state index is 11.5. The molecule has 0 saturated carbocycles. The Labute approximate surface area is 184 Å². The molecular weight excluding hydrogens is 435 g/mol. The molecule has 0 saturated heterocycles. The first kappa shape index (κ1) is 25.4. The average molecular weight is 466 g/mol. The van der Waals surface area contributed by atoms with Crippen LogP contribution in [0, 0.1) is 0 Å². The van der Waals surface area contributed by atoms with Crippen LogP contribution >= 0.6 is 33.2 Å². The lowest BCUT2D eigenvalue weighted by Gasteiger charge is -2.08. The second kappa shape index (κ2) is 14.3. The molecule has 0 aromatic heterocycles. The van der Waals surface area contributed by atoms with E-state index in [1.165, 1.54) is 19.3 Å². The van der Waals surface area contributed by atoms with Crippen molar-refractivity contribution in [2.45, 2.75) is 70.8 Å². The van der Waals surface area contributed by atoms with Crippen molar-refractivity contribution < 1.29 is 14.6 Å². The Morgan fingerprint density at radius 3 is 2.25 bits per heavy atom. The Kier molecular flexibility index (Phi) is 13.0. The molecule has 7 heteroatoms. The third kappa shape index (κ3) is 12.7. The summed E-state index contributed by atoms with van der Waals surface area (Å²) in [5.41, 5.74) is 1.29. The molecule has 0 amide bonds. The molecule has 1 aromatic rings. The quantitative estimate of drug-likeness (QED) is 0.125. The molecule has 3 nitrogen and oxygen atoms in total. The highest BCUT2D eigenvalue weighted by atomic mass is 35.8. The Balaban J connectivity index is 2.42. The summed E-state index contributed by atoms with van der Waals surface area (Å²) in [6.45, 7) is 2.91. The first-order chi connectivity index (χ1) is 13.3. The van der Waals surface area contributed by atoms with Crippen LogP contribution in [0.15, 0.2) is 29.8 Å². The fourth-order valence-corrected chi connectivity index (χ4v) is 4.67. The highest BCUT2D eigenvalue weighted by Crippen LogP contribution is 2.28. The second-order valence-electron chi connectivity index (χ2n) is 6.98. The number of unbranched alkanes of at least 4 members (excludes halogenated alkanes) is 6. The Hall–Kier alpha value is -0.683. The normalized spacial score (nSPS) is 12.2. The van der Waals surface area contributed by atoms with E-state index >= 15 is 0 Å². The number of ether oxygens (including phenoxy) is 1. The Morgan fingerprint density at radius 1 is 1.00 bits per heavy atom. The summed E-state index contributed by atoms with van der Waals surface area (Å²) in [5, 5.41) is 9.45. The lowest BCUT2D eigenvalue weighted by Crippen LogP contribution is -2.07. The van der Waals surface area contributed by atoms with Gasteiger partial charge in [-0.25, -0.2) is 4.79 Å². The van der Waals surface area contributed by atoms with Crippen LogP contribution in [0.5, 0.6) is 5.75 Å². The molecule has 0 bridgehead atoms. The molecule has 1 rings (SSSR count). The van der Waals surface area contributed by atoms with Gasteiger partial charge in [-0.05, 0) is 49.1 Å². The van der Waals surface area contributed by atoms with Crippen molar-refractivity contribution in [1.82, 2.24) is 0 Å². The standard InChI is InChI=1S/C21H31Cl3O3Si/c1-2-3-4-8-15-27-20-13-11-18(12-14-20)17-19(21(25)26)10-7-5-6-9-16-28(22,23)24/h11-14,17H,2-10,15-16H2,1H3,(H,25,26)/b19-17+. The zero-order valence-corrected chi connectivity index (χ0v) is 19.8. The van der Waals surface area contributed by atoms with E-state index in [0.29, 0.717) is 18.0 Å². The van der Waals surface area contributed by atoms with Gasteiger partial charge < -0.3 is 9.84 Å². The summed E-state index contributed by atoms with van der Waals surface area (Å²) in [5.74, 6) is -0.0482. The Morgan fingerprint density at radius 2 is 1.64 bits per heavy atom. The number of carboxylic acid groups (broad SMARTS) is 1. The minimum Gasteiger partial charge on any atom is -0.494 e. The van der Waals surface area contributed by atoms with Crippen molar-refractivity contribution in [3.05, 3.63) is 35.4 Å². The molecule has 1 aromatic carbocycles. The summed E-state index contributed by atoms with van der Waals surface area (Å²) < 4.78 is 5.72. The zero-order chi connectivity index (χ0) is 20.8. The third-order valence-corrected chi connectivity index (χ3v) is 7.04. The van der Waals surface area contributed by atoms with Crippen LogP contribution in [-0.4, -0.2) is 23.7 Å². The molecule has 0 aliphatic heterocycles. The summed E-state index contributed by atoms with van der Waals surface area (Å²) in [6, 6.07) is 5.72. The zero-order valence-electron chi connectivity index (χ0n) is 16.6. The van der Waals surface area contributed by atoms with Crippen molar-refractivity contribution in [3.8, 4) is 5.75 Å². The SMILES string of the molecule is CCCCCCOc1ccc(/C=C(\CCCCCC[Si](Cl)(Cl)Cl)C(=O)O)cc1. The molecule has 0 radical (unpaired) electrons. The molecule has 28 heavy (non-hydrogen) atoms. The molecular formula is C21H31Cl3O3Si. The smallest absolute Gasteiger partial charge is 0.341 e. The van der Waals surface area contributed by atoms with Gasteiger partial charge in [-0.1, -0.05) is 57.6 Å². The fraction of sp³-hybridized carbons (Fsp3) is 0.571. The third-order valence-electron chi connectivity index (χ3n) is 4.42. The summed E-state index contributed by atoms with van der Waals surface area (Å²) in [4.78, 5) is 11.5. The van der Waals surface area contributed by atoms with Gasteiger partial charge in [-0.3, -0.25) is 0 Å². The second-order valence-corrected chi connectivity index (χ2v) is 16.3. The van der Waals surface area contributed by atoms with E-state index in [1.807, 2.05) is 24.3 Å². The molecule has 0 heterocycles. The van der Waals surface area contributed by atoms with Gasteiger partial charge in [0.25, 0.3) is 0 Å². The van der Waals surface area contributed by atoms with E-state index in [4.69, 9.17) is 38.0 Å². The van der Waals surface area contributed by atoms with Gasteiger partial charge in [0.2, 0.25) is 0 Å². The predicted octanol–water partition coefficient (Wildman–Crippen LogP) is 7.72. The number of hydrogen-bond acceptors (Lipinski definition) is 2. The number of carbonyl (C=O) groups is 1. The average Bonchev–Trinajstić information content (AvgIpc) is 2.63. The summed E-state index contributed by atoms with van der Waals surface area (Å²) >= 11 is 17.6. The molecule has 1 N–H and O–H groups in total. The highest BCUT2D eigenvalue weighted by molar-refractivity contribution is 7.64. The van der Waals surface area contributed by atoms with Gasteiger partial charge in [0.15, 0.2) is 0 Å². The molecule has 0 fully saturated rings. The van der Waals surface area contributed by atoms with Crippen LogP contribution in [0.25, 0.3) is 6.08 Å². The van der Waals surface area contributed by atoms with E-state index in [0.717, 1.165) is 50.0 Å². The van der Waals surface area contributed by atoms with Crippen LogP contribution < -0.4 is 4.74 Å². The van der Waals surface area contributed by atoms with Gasteiger partial charge in [0.1, 0.15) is 5.75 Å². The maximum Gasteiger partial charge on any atom is 0.341 e. The van der Waals surface area contributed by atoms with Gasteiger partial charge in [0, 0.05) is 5.57 Å². The van der Waals surface area contributed by atoms with E-state index in [2.05, 4.69) is 6.92 Å². The fourth-order valence-electron chi connectivity index (χ4n) is 2.82. The van der Waals surface area contributed by atoms with Crippen LogP contribution in [0.3, 0.4) is 0 Å². The topological polar surface area (TPSA) is 46.5 Å². The number of carboxylic acids is 1. The van der Waals surface area contributed by atoms with Crippen molar-refractivity contribution in [1.29, 1.82) is 0 Å². The molecule has 0 unspecified atom stereocenters. The minimum atomic E-state index is -2.53. The van der Waals surface area contributed by atoms with Gasteiger partial charge in [0.05, 0.1) is 6.61 Å². The number of benzene rings is 1. The maximum absolute atomic E-state index is 11.5. The van der Waals surface area contributed by atoms with Gasteiger partial charge in [-0.15, -0.1) is 33.2 Å².